The monoisotopic (exact) mass is 338 g/mol. The Morgan fingerprint density at radius 1 is 1.12 bits per heavy atom. The number of ether oxygens (including phenoxy) is 6. The van der Waals surface area contributed by atoms with E-state index in [0.29, 0.717) is 13.2 Å². The average Bonchev–Trinajstić information content (AvgIpc) is 3.03. The van der Waals surface area contributed by atoms with Gasteiger partial charge in [-0.3, -0.25) is 0 Å². The van der Waals surface area contributed by atoms with Crippen molar-refractivity contribution in [2.75, 3.05) is 20.8 Å². The fourth-order valence-corrected chi connectivity index (χ4v) is 3.24. The van der Waals surface area contributed by atoms with Crippen LogP contribution in [0.15, 0.2) is 30.3 Å². The van der Waals surface area contributed by atoms with Gasteiger partial charge in [-0.2, -0.15) is 0 Å². The third-order valence-electron chi connectivity index (χ3n) is 4.36. The third kappa shape index (κ3) is 3.79. The first-order chi connectivity index (χ1) is 11.5. The van der Waals surface area contributed by atoms with Crippen LogP contribution < -0.4 is 0 Å². The van der Waals surface area contributed by atoms with Crippen LogP contribution in [0.5, 0.6) is 0 Å². The van der Waals surface area contributed by atoms with E-state index in [-0.39, 0.29) is 24.4 Å². The number of fused-ring (bicyclic) bond motifs is 1. The first-order valence-electron chi connectivity index (χ1n) is 8.22. The molecule has 0 radical (unpaired) electrons. The Kier molecular flexibility index (Phi) is 5.54. The smallest absolute Gasteiger partial charge is 0.190 e. The molecule has 24 heavy (non-hydrogen) atoms. The molecule has 2 fully saturated rings. The van der Waals surface area contributed by atoms with Gasteiger partial charge in [0.25, 0.3) is 0 Å². The highest BCUT2D eigenvalue weighted by atomic mass is 16.8. The van der Waals surface area contributed by atoms with Crippen LogP contribution in [0.2, 0.25) is 0 Å². The second-order valence-corrected chi connectivity index (χ2v) is 6.54. The highest BCUT2D eigenvalue weighted by molar-refractivity contribution is 5.13. The van der Waals surface area contributed by atoms with E-state index in [1.165, 1.54) is 0 Å². The lowest BCUT2D eigenvalue weighted by atomic mass is 10.1. The minimum atomic E-state index is -0.663. The summed E-state index contributed by atoms with van der Waals surface area (Å²) in [6, 6.07) is 10.0. The van der Waals surface area contributed by atoms with E-state index < -0.39 is 12.1 Å². The van der Waals surface area contributed by atoms with E-state index in [1.807, 2.05) is 44.2 Å². The van der Waals surface area contributed by atoms with Crippen molar-refractivity contribution in [1.29, 1.82) is 0 Å². The SMILES string of the molecule is CO[C@@H]1[C@H]2OC(C)(C)O[C@H]2O[C@@H]1[C@@H](COCc1ccccc1)OC. The molecular formula is C18H26O6. The Labute approximate surface area is 142 Å². The summed E-state index contributed by atoms with van der Waals surface area (Å²) in [6.45, 7) is 4.66. The molecule has 1 aromatic carbocycles. The Morgan fingerprint density at radius 3 is 2.54 bits per heavy atom. The Morgan fingerprint density at radius 2 is 1.88 bits per heavy atom. The summed E-state index contributed by atoms with van der Waals surface area (Å²) in [4.78, 5) is 0. The molecule has 3 rings (SSSR count). The van der Waals surface area contributed by atoms with Crippen LogP contribution in [0.3, 0.4) is 0 Å². The van der Waals surface area contributed by atoms with E-state index in [4.69, 9.17) is 28.4 Å². The summed E-state index contributed by atoms with van der Waals surface area (Å²) in [5, 5.41) is 0. The van der Waals surface area contributed by atoms with Gasteiger partial charge in [-0.1, -0.05) is 30.3 Å². The second-order valence-electron chi connectivity index (χ2n) is 6.54. The molecule has 0 aromatic heterocycles. The Bertz CT molecular complexity index is 520. The molecule has 134 valence electrons. The largest absolute Gasteiger partial charge is 0.376 e. The summed E-state index contributed by atoms with van der Waals surface area (Å²) < 4.78 is 34.7. The first-order valence-corrected chi connectivity index (χ1v) is 8.22. The molecule has 6 nitrogen and oxygen atoms in total. The van der Waals surface area contributed by atoms with Crippen molar-refractivity contribution >= 4 is 0 Å². The molecular weight excluding hydrogens is 312 g/mol. The lowest BCUT2D eigenvalue weighted by Crippen LogP contribution is -2.44. The van der Waals surface area contributed by atoms with Gasteiger partial charge in [0.05, 0.1) is 13.2 Å². The lowest BCUT2D eigenvalue weighted by molar-refractivity contribution is -0.232. The molecule has 0 aliphatic carbocycles. The maximum Gasteiger partial charge on any atom is 0.190 e. The molecule has 0 N–H and O–H groups in total. The van der Waals surface area contributed by atoms with Gasteiger partial charge in [0.2, 0.25) is 0 Å². The number of benzene rings is 1. The summed E-state index contributed by atoms with van der Waals surface area (Å²) in [5.41, 5.74) is 1.12. The van der Waals surface area contributed by atoms with Crippen molar-refractivity contribution in [3.05, 3.63) is 35.9 Å². The molecule has 5 atom stereocenters. The van der Waals surface area contributed by atoms with Gasteiger partial charge in [0.1, 0.15) is 24.4 Å². The lowest BCUT2D eigenvalue weighted by Gasteiger charge is -2.29. The molecule has 6 heteroatoms. The molecule has 0 unspecified atom stereocenters. The van der Waals surface area contributed by atoms with E-state index in [2.05, 4.69) is 0 Å². The van der Waals surface area contributed by atoms with Crippen LogP contribution in [0.25, 0.3) is 0 Å². The molecule has 2 saturated heterocycles. The number of rotatable bonds is 7. The quantitative estimate of drug-likeness (QED) is 0.759. The molecule has 2 aliphatic rings. The zero-order chi connectivity index (χ0) is 17.2. The molecule has 0 spiro atoms. The average molecular weight is 338 g/mol. The van der Waals surface area contributed by atoms with Crippen LogP contribution in [-0.2, 0) is 35.0 Å². The van der Waals surface area contributed by atoms with Crippen molar-refractivity contribution in [2.45, 2.75) is 56.9 Å². The van der Waals surface area contributed by atoms with Crippen LogP contribution in [-0.4, -0.2) is 57.3 Å². The van der Waals surface area contributed by atoms with Crippen molar-refractivity contribution in [3.63, 3.8) is 0 Å². The standard InChI is InChI=1S/C18H26O6/c1-18(2)23-16-15(20-4)14(22-17(16)24-18)13(19-3)11-21-10-12-8-6-5-7-9-12/h5-9,13-17H,10-11H2,1-4H3/t13-,14-,15+,16-,17-/m1/s1. The summed E-state index contributed by atoms with van der Waals surface area (Å²) in [6.07, 6.45) is -1.54. The van der Waals surface area contributed by atoms with E-state index in [0.717, 1.165) is 5.56 Å². The maximum atomic E-state index is 6.00. The molecule has 0 amide bonds. The van der Waals surface area contributed by atoms with E-state index in [9.17, 15) is 0 Å². The normalized spacial score (nSPS) is 32.7. The van der Waals surface area contributed by atoms with Crippen molar-refractivity contribution in [2.24, 2.45) is 0 Å². The molecule has 1 aromatic rings. The Balaban J connectivity index is 1.57. The molecule has 2 aliphatic heterocycles. The zero-order valence-electron chi connectivity index (χ0n) is 14.6. The van der Waals surface area contributed by atoms with Crippen LogP contribution in [0, 0.1) is 0 Å². The number of hydrogen-bond acceptors (Lipinski definition) is 6. The van der Waals surface area contributed by atoms with Crippen molar-refractivity contribution in [1.82, 2.24) is 0 Å². The second kappa shape index (κ2) is 7.47. The van der Waals surface area contributed by atoms with Crippen LogP contribution in [0.4, 0.5) is 0 Å². The molecule has 2 heterocycles. The third-order valence-corrected chi connectivity index (χ3v) is 4.36. The summed E-state index contributed by atoms with van der Waals surface area (Å²) in [7, 11) is 3.29. The van der Waals surface area contributed by atoms with Gasteiger partial charge in [-0.05, 0) is 19.4 Å². The molecule has 0 bridgehead atoms. The fraction of sp³-hybridized carbons (Fsp3) is 0.667. The van der Waals surface area contributed by atoms with Gasteiger partial charge in [0.15, 0.2) is 12.1 Å². The van der Waals surface area contributed by atoms with E-state index in [1.54, 1.807) is 14.2 Å². The molecule has 0 saturated carbocycles. The maximum absolute atomic E-state index is 6.00. The topological polar surface area (TPSA) is 55.4 Å². The van der Waals surface area contributed by atoms with Gasteiger partial charge in [-0.15, -0.1) is 0 Å². The number of hydrogen-bond donors (Lipinski definition) is 0. The highest BCUT2D eigenvalue weighted by Gasteiger charge is 2.57. The minimum Gasteiger partial charge on any atom is -0.376 e. The van der Waals surface area contributed by atoms with Crippen molar-refractivity contribution < 1.29 is 28.4 Å². The number of methoxy groups -OCH3 is 2. The first kappa shape index (κ1) is 17.8. The van der Waals surface area contributed by atoms with Crippen molar-refractivity contribution in [3.8, 4) is 0 Å². The highest BCUT2D eigenvalue weighted by Crippen LogP contribution is 2.39. The van der Waals surface area contributed by atoms with Crippen LogP contribution >= 0.6 is 0 Å². The summed E-state index contributed by atoms with van der Waals surface area (Å²) in [5.74, 6) is -0.663. The van der Waals surface area contributed by atoms with Crippen LogP contribution in [0.1, 0.15) is 19.4 Å². The summed E-state index contributed by atoms with van der Waals surface area (Å²) >= 11 is 0. The van der Waals surface area contributed by atoms with E-state index >= 15 is 0 Å². The van der Waals surface area contributed by atoms with Gasteiger partial charge in [-0.25, -0.2) is 0 Å². The van der Waals surface area contributed by atoms with Gasteiger partial charge < -0.3 is 28.4 Å². The minimum absolute atomic E-state index is 0.262. The zero-order valence-corrected chi connectivity index (χ0v) is 14.6. The van der Waals surface area contributed by atoms with Gasteiger partial charge in [0, 0.05) is 14.2 Å². The Hall–Kier alpha value is -1.02. The predicted octanol–water partition coefficient (Wildman–Crippen LogP) is 2.11. The predicted molar refractivity (Wildman–Crippen MR) is 86.4 cm³/mol. The van der Waals surface area contributed by atoms with Gasteiger partial charge >= 0.3 is 0 Å². The fourth-order valence-electron chi connectivity index (χ4n) is 3.24.